The fourth-order valence-electron chi connectivity index (χ4n) is 3.70. The van der Waals surface area contributed by atoms with Gasteiger partial charge < -0.3 is 14.8 Å². The van der Waals surface area contributed by atoms with Crippen LogP contribution in [0.1, 0.15) is 51.5 Å². The molecule has 1 aliphatic heterocycles. The highest BCUT2D eigenvalue weighted by molar-refractivity contribution is 8.06. The number of hydrogen-bond acceptors (Lipinski definition) is 7. The molecule has 2 aromatic rings. The molecule has 9 heteroatoms. The van der Waals surface area contributed by atoms with Gasteiger partial charge in [0.15, 0.2) is 6.20 Å². The third kappa shape index (κ3) is 5.63. The molecule has 0 unspecified atom stereocenters. The number of nitrogens with zero attached hydrogens (tertiary/aromatic N) is 3. The van der Waals surface area contributed by atoms with Crippen molar-refractivity contribution in [3.63, 3.8) is 0 Å². The fourth-order valence-corrected chi connectivity index (χ4v) is 6.92. The summed E-state index contributed by atoms with van der Waals surface area (Å²) in [5.41, 5.74) is 1.59. The molecular formula is C23H29N3O3S3. The van der Waals surface area contributed by atoms with E-state index in [0.29, 0.717) is 6.54 Å². The molecule has 0 saturated carbocycles. The Bertz CT molecular complexity index is 1210. The molecular weight excluding hydrogens is 462 g/mol. The number of aromatic nitrogens is 2. The molecule has 0 bridgehead atoms. The van der Waals surface area contributed by atoms with E-state index in [9.17, 15) is 4.79 Å². The van der Waals surface area contributed by atoms with Crippen LogP contribution in [-0.2, 0) is 17.9 Å². The number of aryl methyl sites for hydroxylation is 1. The summed E-state index contributed by atoms with van der Waals surface area (Å²) >= 11 is 5.17. The molecule has 6 nitrogen and oxygen atoms in total. The summed E-state index contributed by atoms with van der Waals surface area (Å²) in [6.07, 6.45) is 13.3. The van der Waals surface area contributed by atoms with Gasteiger partial charge in [0.2, 0.25) is 0 Å². The second-order valence-corrected chi connectivity index (χ2v) is 10.5. The first kappa shape index (κ1) is 24.5. The number of carbonyl (C=O) groups excluding carboxylic acids is 1. The first-order chi connectivity index (χ1) is 15.3. The SMILES string of the molecule is CC(=O)[O-].CCn1c(=O)/c(=C/C=C2\SC3=C(CCCC3)N2C)s/c1=C\c1scc[n+]1CC. The number of carboxylic acids is 1. The largest absolute Gasteiger partial charge is 0.550 e. The Morgan fingerprint density at radius 3 is 2.62 bits per heavy atom. The van der Waals surface area contributed by atoms with Crippen LogP contribution in [0.5, 0.6) is 0 Å². The lowest BCUT2D eigenvalue weighted by Crippen LogP contribution is -2.34. The molecule has 0 saturated heterocycles. The predicted octanol–water partition coefficient (Wildman–Crippen LogP) is 1.97. The van der Waals surface area contributed by atoms with Gasteiger partial charge in [-0.05, 0) is 58.6 Å². The van der Waals surface area contributed by atoms with Crippen molar-refractivity contribution in [2.75, 3.05) is 7.05 Å². The lowest BCUT2D eigenvalue weighted by Gasteiger charge is -2.19. The monoisotopic (exact) mass is 491 g/mol. The van der Waals surface area contributed by atoms with Crippen molar-refractivity contribution in [3.05, 3.63) is 57.8 Å². The van der Waals surface area contributed by atoms with Crippen LogP contribution >= 0.6 is 34.4 Å². The molecule has 0 atom stereocenters. The summed E-state index contributed by atoms with van der Waals surface area (Å²) in [5.74, 6) is -1.08. The van der Waals surface area contributed by atoms with Gasteiger partial charge >= 0.3 is 0 Å². The predicted molar refractivity (Wildman–Crippen MR) is 131 cm³/mol. The maximum absolute atomic E-state index is 12.9. The van der Waals surface area contributed by atoms with E-state index in [1.54, 1.807) is 22.7 Å². The van der Waals surface area contributed by atoms with Crippen molar-refractivity contribution < 1.29 is 14.5 Å². The average Bonchev–Trinajstić information content (AvgIpc) is 3.43. The van der Waals surface area contributed by atoms with Gasteiger partial charge in [0.1, 0.15) is 11.2 Å². The van der Waals surface area contributed by atoms with E-state index < -0.39 is 5.97 Å². The molecule has 172 valence electrons. The summed E-state index contributed by atoms with van der Waals surface area (Å²) < 4.78 is 5.91. The highest BCUT2D eigenvalue weighted by Gasteiger charge is 2.26. The highest BCUT2D eigenvalue weighted by atomic mass is 32.2. The maximum Gasteiger partial charge on any atom is 0.269 e. The minimum atomic E-state index is -1.08. The fraction of sp³-hybridized carbons (Fsp3) is 0.435. The zero-order valence-electron chi connectivity index (χ0n) is 18.9. The Labute approximate surface area is 200 Å². The zero-order chi connectivity index (χ0) is 23.3. The van der Waals surface area contributed by atoms with Crippen molar-refractivity contribution in [3.8, 4) is 0 Å². The Hall–Kier alpha value is -2.10. The van der Waals surface area contributed by atoms with Crippen LogP contribution < -0.4 is 24.4 Å². The number of carbonyl (C=O) groups is 1. The van der Waals surface area contributed by atoms with E-state index in [0.717, 1.165) is 22.7 Å². The highest BCUT2D eigenvalue weighted by Crippen LogP contribution is 2.46. The van der Waals surface area contributed by atoms with Crippen molar-refractivity contribution in [1.82, 2.24) is 9.47 Å². The number of rotatable bonds is 4. The Kier molecular flexibility index (Phi) is 8.56. The van der Waals surface area contributed by atoms with Crippen LogP contribution in [0.3, 0.4) is 0 Å². The van der Waals surface area contributed by atoms with E-state index in [-0.39, 0.29) is 5.56 Å². The minimum absolute atomic E-state index is 0.110. The van der Waals surface area contributed by atoms with Gasteiger partial charge in [-0.3, -0.25) is 9.36 Å². The van der Waals surface area contributed by atoms with Gasteiger partial charge in [-0.1, -0.05) is 23.1 Å². The first-order valence-electron chi connectivity index (χ1n) is 10.8. The van der Waals surface area contributed by atoms with Crippen LogP contribution in [0.2, 0.25) is 0 Å². The Balaban J connectivity index is 0.000000668. The van der Waals surface area contributed by atoms with Crippen molar-refractivity contribution >= 4 is 52.6 Å². The van der Waals surface area contributed by atoms with Crippen LogP contribution in [0, 0.1) is 0 Å². The van der Waals surface area contributed by atoms with Gasteiger partial charge in [0, 0.05) is 30.2 Å². The molecule has 0 N–H and O–H groups in total. The molecule has 3 heterocycles. The third-order valence-electron chi connectivity index (χ3n) is 5.28. The van der Waals surface area contributed by atoms with Gasteiger partial charge in [-0.25, -0.2) is 0 Å². The van der Waals surface area contributed by atoms with Gasteiger partial charge in [0.25, 0.3) is 10.6 Å². The van der Waals surface area contributed by atoms with Crippen LogP contribution in [0.25, 0.3) is 12.2 Å². The normalized spacial score (nSPS) is 18.2. The molecule has 32 heavy (non-hydrogen) atoms. The standard InChI is InChI=1S/C21H26N3OS3.C2H4O2/c1-4-23-12-13-26-19(23)14-20-24(5-2)21(25)17(28-20)10-11-18-22(3)15-8-6-7-9-16(15)27-18;1-2(3)4/h10-14H,4-9H2,1-3H3;1H3,(H,3,4)/q+1;/p-1/b17-10-,18-11-;. The molecule has 0 fully saturated rings. The second kappa shape index (κ2) is 11.2. The number of hydrogen-bond donors (Lipinski definition) is 0. The van der Waals surface area contributed by atoms with E-state index in [2.05, 4.69) is 47.2 Å². The zero-order valence-corrected chi connectivity index (χ0v) is 21.4. The quantitative estimate of drug-likeness (QED) is 0.612. The van der Waals surface area contributed by atoms with Crippen molar-refractivity contribution in [1.29, 1.82) is 0 Å². The topological polar surface area (TPSA) is 69.2 Å². The summed E-state index contributed by atoms with van der Waals surface area (Å²) in [5, 5.41) is 13.4. The second-order valence-electron chi connectivity index (χ2n) is 7.43. The molecule has 0 radical (unpaired) electrons. The number of allylic oxidation sites excluding steroid dienone is 3. The van der Waals surface area contributed by atoms with Gasteiger partial charge in [-0.2, -0.15) is 4.57 Å². The minimum Gasteiger partial charge on any atom is -0.550 e. The number of thioether (sulfide) groups is 1. The molecule has 0 spiro atoms. The first-order valence-corrected chi connectivity index (χ1v) is 13.3. The maximum atomic E-state index is 12.9. The van der Waals surface area contributed by atoms with E-state index in [4.69, 9.17) is 9.90 Å². The smallest absolute Gasteiger partial charge is 0.269 e. The molecule has 2 aromatic heterocycles. The molecule has 4 rings (SSSR count). The van der Waals surface area contributed by atoms with E-state index in [1.807, 2.05) is 29.3 Å². The molecule has 2 aliphatic rings. The summed E-state index contributed by atoms with van der Waals surface area (Å²) in [6.45, 7) is 6.77. The van der Waals surface area contributed by atoms with Crippen molar-refractivity contribution in [2.45, 2.75) is 59.5 Å². The van der Waals surface area contributed by atoms with Gasteiger partial charge in [0.05, 0.1) is 21.0 Å². The van der Waals surface area contributed by atoms with Crippen LogP contribution in [0.4, 0.5) is 0 Å². The van der Waals surface area contributed by atoms with E-state index >= 15 is 0 Å². The molecule has 0 aromatic carbocycles. The lowest BCUT2D eigenvalue weighted by atomic mass is 10.0. The van der Waals surface area contributed by atoms with Crippen LogP contribution in [-0.4, -0.2) is 22.5 Å². The Morgan fingerprint density at radius 2 is 1.97 bits per heavy atom. The van der Waals surface area contributed by atoms with Crippen molar-refractivity contribution in [2.24, 2.45) is 0 Å². The van der Waals surface area contributed by atoms with E-state index in [1.165, 1.54) is 46.3 Å². The average molecular weight is 492 g/mol. The number of aliphatic carboxylic acids is 1. The summed E-state index contributed by atoms with van der Waals surface area (Å²) in [6, 6.07) is 0. The number of carboxylic acid groups (broad SMARTS) is 1. The third-order valence-corrected chi connectivity index (χ3v) is 8.52. The summed E-state index contributed by atoms with van der Waals surface area (Å²) in [4.78, 5) is 25.6. The number of thiazole rings is 2. The summed E-state index contributed by atoms with van der Waals surface area (Å²) in [7, 11) is 2.15. The molecule has 0 amide bonds. The lowest BCUT2D eigenvalue weighted by molar-refractivity contribution is -0.690. The van der Waals surface area contributed by atoms with Gasteiger partial charge in [-0.15, -0.1) is 11.3 Å². The Morgan fingerprint density at radius 1 is 1.25 bits per heavy atom. The van der Waals surface area contributed by atoms with Crippen LogP contribution in [0.15, 0.2) is 38.1 Å². The molecule has 1 aliphatic carbocycles.